The Morgan fingerprint density at radius 2 is 2.05 bits per heavy atom. The molecule has 0 aromatic carbocycles. The van der Waals surface area contributed by atoms with Gasteiger partial charge in [-0.05, 0) is 34.6 Å². The highest BCUT2D eigenvalue weighted by molar-refractivity contribution is 6.29. The Bertz CT molecular complexity index is 539. The lowest BCUT2D eigenvalue weighted by molar-refractivity contribution is 0.0158. The van der Waals surface area contributed by atoms with Crippen LogP contribution in [0, 0.1) is 6.92 Å². The first-order valence-corrected chi connectivity index (χ1v) is 7.79. The summed E-state index contributed by atoms with van der Waals surface area (Å²) in [5, 5.41) is 0.435. The molecule has 1 saturated heterocycles. The smallest absolute Gasteiger partial charge is 0.410 e. The van der Waals surface area contributed by atoms with Crippen LogP contribution in [0.4, 0.5) is 10.6 Å². The number of hydrogen-bond donors (Lipinski definition) is 0. The summed E-state index contributed by atoms with van der Waals surface area (Å²) in [6.07, 6.45) is -0.267. The molecular weight excluding hydrogens is 304 g/mol. The second-order valence-corrected chi connectivity index (χ2v) is 6.95. The van der Waals surface area contributed by atoms with Gasteiger partial charge in [0, 0.05) is 31.7 Å². The van der Waals surface area contributed by atoms with Crippen LogP contribution in [0.5, 0.6) is 0 Å². The van der Waals surface area contributed by atoms with Gasteiger partial charge in [-0.1, -0.05) is 11.6 Å². The number of piperazine rings is 1. The fraction of sp³-hybridized carbons (Fsp3) is 0.667. The molecule has 0 spiro atoms. The maximum Gasteiger partial charge on any atom is 0.410 e. The number of halogens is 1. The van der Waals surface area contributed by atoms with Crippen molar-refractivity contribution in [1.29, 1.82) is 0 Å². The van der Waals surface area contributed by atoms with E-state index < -0.39 is 5.60 Å². The van der Waals surface area contributed by atoms with Crippen LogP contribution in [0.15, 0.2) is 6.07 Å². The van der Waals surface area contributed by atoms with Gasteiger partial charge in [-0.25, -0.2) is 14.8 Å². The Labute approximate surface area is 136 Å². The standard InChI is InChI=1S/C15H23ClN4O2/c1-10-9-19(13-8-12(16)17-11(2)18-13)6-7-20(10)14(21)22-15(3,4)5/h8,10H,6-7,9H2,1-5H3/t10-/m1/s1. The first-order valence-electron chi connectivity index (χ1n) is 7.41. The SMILES string of the molecule is Cc1nc(Cl)cc(N2CCN(C(=O)OC(C)(C)C)[C@H](C)C2)n1. The van der Waals surface area contributed by atoms with Gasteiger partial charge in [0.2, 0.25) is 0 Å². The summed E-state index contributed by atoms with van der Waals surface area (Å²) in [6, 6.07) is 1.79. The van der Waals surface area contributed by atoms with Gasteiger partial charge < -0.3 is 14.5 Å². The minimum atomic E-state index is -0.481. The summed E-state index contributed by atoms with van der Waals surface area (Å²) in [4.78, 5) is 24.6. The van der Waals surface area contributed by atoms with Gasteiger partial charge in [0.1, 0.15) is 22.4 Å². The molecule has 1 aromatic rings. The third kappa shape index (κ3) is 4.22. The van der Waals surface area contributed by atoms with E-state index in [-0.39, 0.29) is 12.1 Å². The Kier molecular flexibility index (Phi) is 4.80. The Morgan fingerprint density at radius 1 is 1.36 bits per heavy atom. The topological polar surface area (TPSA) is 58.6 Å². The van der Waals surface area contributed by atoms with Gasteiger partial charge in [0.25, 0.3) is 0 Å². The van der Waals surface area contributed by atoms with Crippen molar-refractivity contribution in [2.75, 3.05) is 24.5 Å². The first kappa shape index (κ1) is 16.8. The maximum atomic E-state index is 12.2. The second kappa shape index (κ2) is 6.28. The molecule has 122 valence electrons. The van der Waals surface area contributed by atoms with Crippen molar-refractivity contribution in [3.05, 3.63) is 17.0 Å². The van der Waals surface area contributed by atoms with Crippen LogP contribution in [-0.2, 0) is 4.74 Å². The molecule has 6 nitrogen and oxygen atoms in total. The highest BCUT2D eigenvalue weighted by atomic mass is 35.5. The fourth-order valence-corrected chi connectivity index (χ4v) is 2.66. The van der Waals surface area contributed by atoms with Crippen molar-refractivity contribution in [3.8, 4) is 0 Å². The van der Waals surface area contributed by atoms with Crippen molar-refractivity contribution in [1.82, 2.24) is 14.9 Å². The van der Waals surface area contributed by atoms with E-state index in [1.165, 1.54) is 0 Å². The van der Waals surface area contributed by atoms with Gasteiger partial charge in [-0.2, -0.15) is 0 Å². The van der Waals surface area contributed by atoms with Gasteiger partial charge in [0.05, 0.1) is 0 Å². The molecule has 1 amide bonds. The molecule has 0 bridgehead atoms. The van der Waals surface area contributed by atoms with Crippen LogP contribution < -0.4 is 4.90 Å². The number of aromatic nitrogens is 2. The van der Waals surface area contributed by atoms with E-state index in [0.29, 0.717) is 30.6 Å². The normalized spacial score (nSPS) is 19.3. The first-order chi connectivity index (χ1) is 10.2. The van der Waals surface area contributed by atoms with Crippen LogP contribution in [0.3, 0.4) is 0 Å². The molecule has 1 aliphatic rings. The summed E-state index contributed by atoms with van der Waals surface area (Å²) < 4.78 is 5.45. The Morgan fingerprint density at radius 3 is 2.59 bits per heavy atom. The van der Waals surface area contributed by atoms with Crippen molar-refractivity contribution in [2.45, 2.75) is 46.3 Å². The van der Waals surface area contributed by atoms with Crippen LogP contribution in [-0.4, -0.2) is 52.2 Å². The van der Waals surface area contributed by atoms with E-state index in [1.54, 1.807) is 11.0 Å². The van der Waals surface area contributed by atoms with E-state index in [9.17, 15) is 4.79 Å². The molecule has 7 heteroatoms. The quantitative estimate of drug-likeness (QED) is 0.743. The lowest BCUT2D eigenvalue weighted by Gasteiger charge is -2.40. The molecule has 0 radical (unpaired) electrons. The number of anilines is 1. The number of amides is 1. The second-order valence-electron chi connectivity index (χ2n) is 6.56. The molecule has 2 rings (SSSR count). The lowest BCUT2D eigenvalue weighted by Crippen LogP contribution is -2.55. The van der Waals surface area contributed by atoms with Crippen LogP contribution in [0.2, 0.25) is 5.15 Å². The van der Waals surface area contributed by atoms with Crippen molar-refractivity contribution < 1.29 is 9.53 Å². The zero-order valence-corrected chi connectivity index (χ0v) is 14.5. The molecule has 0 aliphatic carbocycles. The van der Waals surface area contributed by atoms with E-state index in [0.717, 1.165) is 5.82 Å². The molecule has 2 heterocycles. The minimum Gasteiger partial charge on any atom is -0.444 e. The molecule has 0 unspecified atom stereocenters. The Hall–Kier alpha value is -1.56. The van der Waals surface area contributed by atoms with E-state index in [2.05, 4.69) is 14.9 Å². The average Bonchev–Trinajstić information content (AvgIpc) is 2.35. The zero-order valence-electron chi connectivity index (χ0n) is 13.8. The number of aryl methyl sites for hydroxylation is 1. The monoisotopic (exact) mass is 326 g/mol. The van der Waals surface area contributed by atoms with E-state index in [4.69, 9.17) is 16.3 Å². The lowest BCUT2D eigenvalue weighted by atomic mass is 10.2. The molecule has 1 aromatic heterocycles. The summed E-state index contributed by atoms with van der Waals surface area (Å²) in [5.74, 6) is 1.44. The molecule has 0 saturated carbocycles. The molecule has 22 heavy (non-hydrogen) atoms. The third-order valence-corrected chi connectivity index (χ3v) is 3.57. The highest BCUT2D eigenvalue weighted by Crippen LogP contribution is 2.21. The van der Waals surface area contributed by atoms with Crippen LogP contribution >= 0.6 is 11.6 Å². The minimum absolute atomic E-state index is 0.0395. The van der Waals surface area contributed by atoms with E-state index in [1.807, 2.05) is 34.6 Å². The number of ether oxygens (including phenoxy) is 1. The molecule has 1 aliphatic heterocycles. The highest BCUT2D eigenvalue weighted by Gasteiger charge is 2.31. The fourth-order valence-electron chi connectivity index (χ4n) is 2.44. The predicted octanol–water partition coefficient (Wildman–Crippen LogP) is 2.88. The number of nitrogens with zero attached hydrogens (tertiary/aromatic N) is 4. The third-order valence-electron chi connectivity index (χ3n) is 3.37. The van der Waals surface area contributed by atoms with E-state index >= 15 is 0 Å². The zero-order chi connectivity index (χ0) is 16.5. The van der Waals surface area contributed by atoms with Crippen LogP contribution in [0.1, 0.15) is 33.5 Å². The van der Waals surface area contributed by atoms with Gasteiger partial charge >= 0.3 is 6.09 Å². The average molecular weight is 327 g/mol. The Balaban J connectivity index is 2.05. The molecular formula is C15H23ClN4O2. The number of hydrogen-bond acceptors (Lipinski definition) is 5. The number of rotatable bonds is 1. The number of carbonyl (C=O) groups excluding carboxylic acids is 1. The summed E-state index contributed by atoms with van der Waals surface area (Å²) in [6.45, 7) is 11.4. The summed E-state index contributed by atoms with van der Waals surface area (Å²) >= 11 is 6.00. The molecule has 1 fully saturated rings. The van der Waals surface area contributed by atoms with Gasteiger partial charge in [0.15, 0.2) is 0 Å². The van der Waals surface area contributed by atoms with Crippen molar-refractivity contribution >= 4 is 23.5 Å². The summed E-state index contributed by atoms with van der Waals surface area (Å²) in [5.41, 5.74) is -0.481. The molecule has 0 N–H and O–H groups in total. The largest absolute Gasteiger partial charge is 0.444 e. The van der Waals surface area contributed by atoms with Gasteiger partial charge in [-0.3, -0.25) is 0 Å². The van der Waals surface area contributed by atoms with Crippen molar-refractivity contribution in [3.63, 3.8) is 0 Å². The predicted molar refractivity (Wildman–Crippen MR) is 86.4 cm³/mol. The van der Waals surface area contributed by atoms with Crippen molar-refractivity contribution in [2.24, 2.45) is 0 Å². The summed E-state index contributed by atoms with van der Waals surface area (Å²) in [7, 11) is 0. The maximum absolute atomic E-state index is 12.2. The number of carbonyl (C=O) groups is 1. The van der Waals surface area contributed by atoms with Gasteiger partial charge in [-0.15, -0.1) is 0 Å². The van der Waals surface area contributed by atoms with Crippen LogP contribution in [0.25, 0.3) is 0 Å². The molecule has 1 atom stereocenters.